The molecule has 28 heavy (non-hydrogen) atoms. The molecule has 0 unspecified atom stereocenters. The largest absolute Gasteiger partial charge is 0.491 e. The van der Waals surface area contributed by atoms with E-state index in [1.807, 2.05) is 49.4 Å². The van der Waals surface area contributed by atoms with E-state index in [4.69, 9.17) is 4.74 Å². The van der Waals surface area contributed by atoms with Crippen LogP contribution in [0.2, 0.25) is 0 Å². The van der Waals surface area contributed by atoms with Crippen molar-refractivity contribution in [1.82, 2.24) is 9.55 Å². The molecule has 3 rings (SSSR count). The van der Waals surface area contributed by atoms with Gasteiger partial charge in [-0.3, -0.25) is 9.36 Å². The summed E-state index contributed by atoms with van der Waals surface area (Å²) >= 11 is 1.39. The molecular formula is C22H26N2O3S. The fourth-order valence-corrected chi connectivity index (χ4v) is 3.74. The predicted octanol–water partition coefficient (Wildman–Crippen LogP) is 3.89. The summed E-state index contributed by atoms with van der Waals surface area (Å²) in [5, 5.41) is 11.6. The highest BCUT2D eigenvalue weighted by atomic mass is 32.2. The van der Waals surface area contributed by atoms with E-state index in [0.717, 1.165) is 11.3 Å². The molecule has 0 bridgehead atoms. The average molecular weight is 399 g/mol. The number of hydrogen-bond acceptors (Lipinski definition) is 5. The lowest BCUT2D eigenvalue weighted by atomic mass is 10.2. The molecule has 3 aromatic rings. The summed E-state index contributed by atoms with van der Waals surface area (Å²) in [6, 6.07) is 15.1. The Bertz CT molecular complexity index is 983. The molecule has 0 saturated carbocycles. The second kappa shape index (κ2) is 9.26. The van der Waals surface area contributed by atoms with Gasteiger partial charge in [-0.25, -0.2) is 4.98 Å². The molecule has 5 nitrogen and oxygen atoms in total. The van der Waals surface area contributed by atoms with Gasteiger partial charge < -0.3 is 9.84 Å². The Morgan fingerprint density at radius 1 is 1.14 bits per heavy atom. The number of fused-ring (bicyclic) bond motifs is 1. The van der Waals surface area contributed by atoms with Crippen molar-refractivity contribution in [3.63, 3.8) is 0 Å². The van der Waals surface area contributed by atoms with Crippen LogP contribution in [0.4, 0.5) is 0 Å². The second-order valence-corrected chi connectivity index (χ2v) is 8.30. The molecule has 0 saturated heterocycles. The van der Waals surface area contributed by atoms with Crippen LogP contribution >= 0.6 is 11.8 Å². The Hall–Kier alpha value is -2.31. The molecule has 0 aliphatic heterocycles. The van der Waals surface area contributed by atoms with Crippen molar-refractivity contribution in [2.75, 3.05) is 12.4 Å². The maximum atomic E-state index is 12.9. The number of para-hydroxylation sites is 1. The number of aliphatic hydroxyl groups excluding tert-OH is 1. The van der Waals surface area contributed by atoms with E-state index >= 15 is 0 Å². The first-order valence-corrected chi connectivity index (χ1v) is 10.4. The molecule has 148 valence electrons. The minimum atomic E-state index is -0.665. The molecule has 1 aromatic heterocycles. The number of aromatic nitrogens is 2. The van der Waals surface area contributed by atoms with Crippen LogP contribution in [0, 0.1) is 12.8 Å². The zero-order chi connectivity index (χ0) is 20.1. The monoisotopic (exact) mass is 398 g/mol. The zero-order valence-electron chi connectivity index (χ0n) is 16.5. The summed E-state index contributed by atoms with van der Waals surface area (Å²) < 4.78 is 7.36. The number of rotatable bonds is 8. The molecule has 0 spiro atoms. The molecule has 0 fully saturated rings. The van der Waals surface area contributed by atoms with E-state index in [9.17, 15) is 9.90 Å². The van der Waals surface area contributed by atoms with Gasteiger partial charge in [-0.2, -0.15) is 0 Å². The minimum Gasteiger partial charge on any atom is -0.491 e. The summed E-state index contributed by atoms with van der Waals surface area (Å²) in [7, 11) is 0. The molecule has 0 amide bonds. The molecule has 6 heteroatoms. The number of ether oxygens (including phenoxy) is 1. The van der Waals surface area contributed by atoms with Gasteiger partial charge in [0.2, 0.25) is 0 Å². The average Bonchev–Trinajstić information content (AvgIpc) is 2.68. The fourth-order valence-electron chi connectivity index (χ4n) is 2.83. The third-order valence-corrected chi connectivity index (χ3v) is 5.36. The van der Waals surface area contributed by atoms with Crippen molar-refractivity contribution in [3.8, 4) is 5.75 Å². The van der Waals surface area contributed by atoms with E-state index in [0.29, 0.717) is 34.3 Å². The summed E-state index contributed by atoms with van der Waals surface area (Å²) in [6.45, 7) is 6.94. The Balaban J connectivity index is 1.71. The molecule has 1 heterocycles. The molecular weight excluding hydrogens is 372 g/mol. The van der Waals surface area contributed by atoms with Crippen molar-refractivity contribution in [1.29, 1.82) is 0 Å². The van der Waals surface area contributed by atoms with Crippen LogP contribution in [0.5, 0.6) is 5.75 Å². The van der Waals surface area contributed by atoms with Gasteiger partial charge in [0, 0.05) is 12.3 Å². The summed E-state index contributed by atoms with van der Waals surface area (Å²) in [6.07, 6.45) is -0.665. The maximum absolute atomic E-state index is 12.9. The second-order valence-electron chi connectivity index (χ2n) is 7.31. The molecule has 0 aliphatic carbocycles. The Morgan fingerprint density at radius 3 is 2.57 bits per heavy atom. The molecule has 0 radical (unpaired) electrons. The van der Waals surface area contributed by atoms with E-state index in [1.165, 1.54) is 11.8 Å². The Labute approximate surface area is 169 Å². The fraction of sp³-hybridized carbons (Fsp3) is 0.364. The van der Waals surface area contributed by atoms with E-state index in [1.54, 1.807) is 10.6 Å². The van der Waals surface area contributed by atoms with Crippen LogP contribution in [-0.4, -0.2) is 33.1 Å². The van der Waals surface area contributed by atoms with Crippen molar-refractivity contribution < 1.29 is 9.84 Å². The van der Waals surface area contributed by atoms with Gasteiger partial charge in [0.15, 0.2) is 5.16 Å². The smallest absolute Gasteiger partial charge is 0.262 e. The van der Waals surface area contributed by atoms with Crippen LogP contribution in [0.1, 0.15) is 19.4 Å². The SMILES string of the molecule is Cc1ccc(OC[C@H](O)CSc2nc3ccccc3c(=O)n2CC(C)C)cc1. The highest BCUT2D eigenvalue weighted by Crippen LogP contribution is 2.20. The lowest BCUT2D eigenvalue weighted by Gasteiger charge is -2.16. The zero-order valence-corrected chi connectivity index (χ0v) is 17.3. The highest BCUT2D eigenvalue weighted by Gasteiger charge is 2.15. The van der Waals surface area contributed by atoms with Crippen LogP contribution in [-0.2, 0) is 6.54 Å². The summed E-state index contributed by atoms with van der Waals surface area (Å²) in [5.41, 5.74) is 1.81. The van der Waals surface area contributed by atoms with Crippen LogP contribution < -0.4 is 10.3 Å². The van der Waals surface area contributed by atoms with Gasteiger partial charge in [-0.15, -0.1) is 0 Å². The first kappa shape index (κ1) is 20.4. The number of hydrogen-bond donors (Lipinski definition) is 1. The first-order valence-electron chi connectivity index (χ1n) is 9.44. The number of benzene rings is 2. The number of thioether (sulfide) groups is 1. The Kier molecular flexibility index (Phi) is 6.75. The van der Waals surface area contributed by atoms with Crippen molar-refractivity contribution in [2.45, 2.75) is 38.6 Å². The van der Waals surface area contributed by atoms with Crippen LogP contribution in [0.3, 0.4) is 0 Å². The van der Waals surface area contributed by atoms with Gasteiger partial charge in [0.05, 0.1) is 17.0 Å². The molecule has 2 aromatic carbocycles. The van der Waals surface area contributed by atoms with E-state index in [-0.39, 0.29) is 12.2 Å². The van der Waals surface area contributed by atoms with Crippen molar-refractivity contribution in [3.05, 3.63) is 64.4 Å². The van der Waals surface area contributed by atoms with Gasteiger partial charge >= 0.3 is 0 Å². The van der Waals surface area contributed by atoms with Crippen molar-refractivity contribution >= 4 is 22.7 Å². The standard InChI is InChI=1S/C22H26N2O3S/c1-15(2)12-24-21(26)19-6-4-5-7-20(19)23-22(24)28-14-17(25)13-27-18-10-8-16(3)9-11-18/h4-11,15,17,25H,12-14H2,1-3H3/t17-/m0/s1. The summed E-state index contributed by atoms with van der Waals surface area (Å²) in [4.78, 5) is 17.6. The Morgan fingerprint density at radius 2 is 1.86 bits per heavy atom. The van der Waals surface area contributed by atoms with Crippen LogP contribution in [0.15, 0.2) is 58.5 Å². The first-order chi connectivity index (χ1) is 13.4. The third kappa shape index (κ3) is 5.14. The van der Waals surface area contributed by atoms with Crippen LogP contribution in [0.25, 0.3) is 10.9 Å². The van der Waals surface area contributed by atoms with Crippen molar-refractivity contribution in [2.24, 2.45) is 5.92 Å². The maximum Gasteiger partial charge on any atom is 0.262 e. The third-order valence-electron chi connectivity index (χ3n) is 4.24. The quantitative estimate of drug-likeness (QED) is 0.461. The number of aryl methyl sites for hydroxylation is 1. The predicted molar refractivity (Wildman–Crippen MR) is 114 cm³/mol. The molecule has 1 atom stereocenters. The van der Waals surface area contributed by atoms with E-state index < -0.39 is 6.10 Å². The summed E-state index contributed by atoms with van der Waals surface area (Å²) in [5.74, 6) is 1.44. The van der Waals surface area contributed by atoms with Gasteiger partial charge in [-0.05, 0) is 37.1 Å². The minimum absolute atomic E-state index is 0.0350. The van der Waals surface area contributed by atoms with Gasteiger partial charge in [-0.1, -0.05) is 55.4 Å². The van der Waals surface area contributed by atoms with E-state index in [2.05, 4.69) is 18.8 Å². The highest BCUT2D eigenvalue weighted by molar-refractivity contribution is 7.99. The van der Waals surface area contributed by atoms with Gasteiger partial charge in [0.25, 0.3) is 5.56 Å². The lowest BCUT2D eigenvalue weighted by Crippen LogP contribution is -2.26. The molecule has 1 N–H and O–H groups in total. The number of nitrogens with zero attached hydrogens (tertiary/aromatic N) is 2. The topological polar surface area (TPSA) is 64.3 Å². The lowest BCUT2D eigenvalue weighted by molar-refractivity contribution is 0.126. The molecule has 0 aliphatic rings. The normalized spacial score (nSPS) is 12.5. The number of aliphatic hydroxyl groups is 1. The van der Waals surface area contributed by atoms with Gasteiger partial charge in [0.1, 0.15) is 12.4 Å².